The Labute approximate surface area is 159 Å². The molecule has 0 saturated carbocycles. The van der Waals surface area contributed by atoms with E-state index >= 15 is 0 Å². The summed E-state index contributed by atoms with van der Waals surface area (Å²) in [5.74, 6) is 2.27. The van der Waals surface area contributed by atoms with E-state index in [1.165, 1.54) is 18.4 Å². The Morgan fingerprint density at radius 2 is 2.00 bits per heavy atom. The highest BCUT2D eigenvalue weighted by Crippen LogP contribution is 2.23. The highest BCUT2D eigenvalue weighted by molar-refractivity contribution is 5.50. The van der Waals surface area contributed by atoms with Crippen LogP contribution in [-0.4, -0.2) is 42.7 Å². The lowest BCUT2D eigenvalue weighted by atomic mass is 9.92. The van der Waals surface area contributed by atoms with Gasteiger partial charge in [0.15, 0.2) is 0 Å². The summed E-state index contributed by atoms with van der Waals surface area (Å²) >= 11 is 0. The van der Waals surface area contributed by atoms with Gasteiger partial charge in [-0.1, -0.05) is 6.07 Å². The van der Waals surface area contributed by atoms with Gasteiger partial charge < -0.3 is 5.32 Å². The lowest BCUT2D eigenvalue weighted by Crippen LogP contribution is -2.33. The van der Waals surface area contributed by atoms with Crippen molar-refractivity contribution >= 4 is 11.6 Å². The predicted octanol–water partition coefficient (Wildman–Crippen LogP) is 2.80. The second-order valence-electron chi connectivity index (χ2n) is 7.18. The van der Waals surface area contributed by atoms with Crippen LogP contribution in [0.15, 0.2) is 49.2 Å². The van der Waals surface area contributed by atoms with E-state index in [1.807, 2.05) is 42.2 Å². The number of nitrogens with one attached hydrogen (secondary N) is 1. The molecule has 0 aliphatic carbocycles. The van der Waals surface area contributed by atoms with E-state index in [0.29, 0.717) is 5.92 Å². The Bertz CT molecular complexity index is 854. The quantitative estimate of drug-likeness (QED) is 0.726. The molecule has 4 rings (SSSR count). The van der Waals surface area contributed by atoms with Gasteiger partial charge in [-0.25, -0.2) is 15.0 Å². The van der Waals surface area contributed by atoms with Gasteiger partial charge in [-0.3, -0.25) is 9.58 Å². The van der Waals surface area contributed by atoms with Crippen LogP contribution in [0.4, 0.5) is 11.6 Å². The smallest absolute Gasteiger partial charge is 0.135 e. The normalized spacial score (nSPS) is 15.7. The van der Waals surface area contributed by atoms with Crippen LogP contribution in [-0.2, 0) is 20.0 Å². The molecule has 1 N–H and O–H groups in total. The first-order valence-corrected chi connectivity index (χ1v) is 9.43. The zero-order valence-electron chi connectivity index (χ0n) is 15.6. The molecule has 0 aromatic carbocycles. The standard InChI is InChI=1S/C20H25N7/c1-26-13-17(12-24-26)14-27-8-5-16(6-9-27)10-18-11-20(23-15-22-18)25-19-4-2-3-7-21-19/h2-4,7,11-13,15-16H,5-6,8-10,14H2,1H3,(H,21,22,23,25). The average molecular weight is 363 g/mol. The van der Waals surface area contributed by atoms with Crippen LogP contribution < -0.4 is 5.32 Å². The van der Waals surface area contributed by atoms with E-state index in [1.54, 1.807) is 12.5 Å². The zero-order chi connectivity index (χ0) is 18.5. The Morgan fingerprint density at radius 1 is 1.11 bits per heavy atom. The maximum absolute atomic E-state index is 4.47. The molecule has 140 valence electrons. The van der Waals surface area contributed by atoms with Crippen LogP contribution in [0.2, 0.25) is 0 Å². The van der Waals surface area contributed by atoms with Crippen LogP contribution in [0.5, 0.6) is 0 Å². The van der Waals surface area contributed by atoms with Crippen LogP contribution in [0.1, 0.15) is 24.1 Å². The van der Waals surface area contributed by atoms with Crippen molar-refractivity contribution < 1.29 is 0 Å². The van der Waals surface area contributed by atoms with Gasteiger partial charge in [0, 0.05) is 43.3 Å². The first kappa shape index (κ1) is 17.6. The van der Waals surface area contributed by atoms with Crippen molar-refractivity contribution in [1.29, 1.82) is 0 Å². The molecule has 7 nitrogen and oxygen atoms in total. The van der Waals surface area contributed by atoms with Gasteiger partial charge in [-0.05, 0) is 50.4 Å². The van der Waals surface area contributed by atoms with Crippen molar-refractivity contribution in [3.63, 3.8) is 0 Å². The third kappa shape index (κ3) is 4.89. The molecule has 4 heterocycles. The van der Waals surface area contributed by atoms with E-state index in [-0.39, 0.29) is 0 Å². The van der Waals surface area contributed by atoms with E-state index in [2.05, 4.69) is 36.5 Å². The van der Waals surface area contributed by atoms with E-state index in [0.717, 1.165) is 43.4 Å². The van der Waals surface area contributed by atoms with Crippen molar-refractivity contribution in [3.05, 3.63) is 60.4 Å². The van der Waals surface area contributed by atoms with Gasteiger partial charge in [-0.2, -0.15) is 5.10 Å². The second kappa shape index (κ2) is 8.26. The average Bonchev–Trinajstić information content (AvgIpc) is 3.09. The fraction of sp³-hybridized carbons (Fsp3) is 0.400. The van der Waals surface area contributed by atoms with Gasteiger partial charge in [0.25, 0.3) is 0 Å². The molecule has 3 aromatic heterocycles. The summed E-state index contributed by atoms with van der Waals surface area (Å²) in [4.78, 5) is 15.6. The Morgan fingerprint density at radius 3 is 2.74 bits per heavy atom. The molecule has 0 atom stereocenters. The minimum absolute atomic E-state index is 0.674. The van der Waals surface area contributed by atoms with Crippen molar-refractivity contribution in [1.82, 2.24) is 29.6 Å². The SMILES string of the molecule is Cn1cc(CN2CCC(Cc3cc(Nc4ccccn4)ncn3)CC2)cn1. The summed E-state index contributed by atoms with van der Waals surface area (Å²) in [6, 6.07) is 7.82. The van der Waals surface area contributed by atoms with Crippen molar-refractivity contribution in [2.24, 2.45) is 13.0 Å². The van der Waals surface area contributed by atoms with Crippen LogP contribution in [0, 0.1) is 5.92 Å². The summed E-state index contributed by atoms with van der Waals surface area (Å²) in [6.07, 6.45) is 10.9. The second-order valence-corrected chi connectivity index (χ2v) is 7.18. The highest BCUT2D eigenvalue weighted by atomic mass is 15.2. The van der Waals surface area contributed by atoms with E-state index < -0.39 is 0 Å². The Kier molecular flexibility index (Phi) is 5.39. The highest BCUT2D eigenvalue weighted by Gasteiger charge is 2.20. The van der Waals surface area contributed by atoms with Gasteiger partial charge in [0.1, 0.15) is 18.0 Å². The third-order valence-corrected chi connectivity index (χ3v) is 5.01. The summed E-state index contributed by atoms with van der Waals surface area (Å²) in [5, 5.41) is 7.50. The number of rotatable bonds is 6. The minimum atomic E-state index is 0.674. The minimum Gasteiger partial charge on any atom is -0.325 e. The first-order chi connectivity index (χ1) is 13.2. The Balaban J connectivity index is 1.29. The van der Waals surface area contributed by atoms with Crippen LogP contribution in [0.25, 0.3) is 0 Å². The molecule has 0 unspecified atom stereocenters. The number of nitrogens with zero attached hydrogens (tertiary/aromatic N) is 6. The molecule has 1 aliphatic heterocycles. The van der Waals surface area contributed by atoms with Crippen molar-refractivity contribution in [3.8, 4) is 0 Å². The predicted molar refractivity (Wildman–Crippen MR) is 104 cm³/mol. The molecular weight excluding hydrogens is 338 g/mol. The topological polar surface area (TPSA) is 71.8 Å². The summed E-state index contributed by atoms with van der Waals surface area (Å²) in [7, 11) is 1.97. The maximum atomic E-state index is 4.47. The van der Waals surface area contributed by atoms with Crippen LogP contribution in [0.3, 0.4) is 0 Å². The molecule has 0 radical (unpaired) electrons. The van der Waals surface area contributed by atoms with Gasteiger partial charge in [-0.15, -0.1) is 0 Å². The molecular formula is C20H25N7. The molecule has 1 aliphatic rings. The number of aromatic nitrogens is 5. The number of hydrogen-bond acceptors (Lipinski definition) is 6. The molecule has 0 amide bonds. The summed E-state index contributed by atoms with van der Waals surface area (Å²) in [5.41, 5.74) is 2.38. The zero-order valence-corrected chi connectivity index (χ0v) is 15.6. The number of pyridine rings is 1. The number of piperidine rings is 1. The van der Waals surface area contributed by atoms with Crippen LogP contribution >= 0.6 is 0 Å². The summed E-state index contributed by atoms with van der Waals surface area (Å²) in [6.45, 7) is 3.25. The molecule has 0 bridgehead atoms. The largest absolute Gasteiger partial charge is 0.325 e. The number of hydrogen-bond donors (Lipinski definition) is 1. The summed E-state index contributed by atoms with van der Waals surface area (Å²) < 4.78 is 1.87. The van der Waals surface area contributed by atoms with Crippen molar-refractivity contribution in [2.45, 2.75) is 25.8 Å². The lowest BCUT2D eigenvalue weighted by molar-refractivity contribution is 0.176. The number of aryl methyl sites for hydroxylation is 1. The fourth-order valence-corrected chi connectivity index (χ4v) is 3.60. The van der Waals surface area contributed by atoms with Gasteiger partial charge in [0.05, 0.1) is 6.20 Å². The monoisotopic (exact) mass is 363 g/mol. The molecule has 0 spiro atoms. The van der Waals surface area contributed by atoms with E-state index in [4.69, 9.17) is 0 Å². The number of likely N-dealkylation sites (tertiary alicyclic amines) is 1. The number of anilines is 2. The molecule has 27 heavy (non-hydrogen) atoms. The van der Waals surface area contributed by atoms with Gasteiger partial charge in [0.2, 0.25) is 0 Å². The van der Waals surface area contributed by atoms with Crippen molar-refractivity contribution in [2.75, 3.05) is 18.4 Å². The molecule has 1 fully saturated rings. The molecule has 3 aromatic rings. The van der Waals surface area contributed by atoms with E-state index in [9.17, 15) is 0 Å². The van der Waals surface area contributed by atoms with Gasteiger partial charge >= 0.3 is 0 Å². The lowest BCUT2D eigenvalue weighted by Gasteiger charge is -2.31. The Hall–Kier alpha value is -2.80. The molecule has 7 heteroatoms. The maximum Gasteiger partial charge on any atom is 0.135 e. The first-order valence-electron chi connectivity index (χ1n) is 9.43. The third-order valence-electron chi connectivity index (χ3n) is 5.01. The molecule has 1 saturated heterocycles. The fourth-order valence-electron chi connectivity index (χ4n) is 3.60.